The van der Waals surface area contributed by atoms with Gasteiger partial charge in [0.2, 0.25) is 5.92 Å². The maximum absolute atomic E-state index is 13.2. The van der Waals surface area contributed by atoms with Crippen LogP contribution < -0.4 is 0 Å². The Morgan fingerprint density at radius 2 is 1.76 bits per heavy atom. The van der Waals surface area contributed by atoms with Gasteiger partial charge in [-0.2, -0.15) is 0 Å². The molecule has 5 nitrogen and oxygen atoms in total. The third-order valence-electron chi connectivity index (χ3n) is 3.56. The van der Waals surface area contributed by atoms with E-state index in [4.69, 9.17) is 4.74 Å². The number of hydrogen-bond donors (Lipinski definition) is 1. The minimum atomic E-state index is -2.73. The summed E-state index contributed by atoms with van der Waals surface area (Å²) in [6, 6.07) is -1.14. The van der Waals surface area contributed by atoms with E-state index in [0.717, 1.165) is 4.90 Å². The Labute approximate surface area is 123 Å². The SMILES string of the molecule is CN(C(=O)OC(C)(C)C)C(C(=O)O)C1CCC(F)(F)CC1. The summed E-state index contributed by atoms with van der Waals surface area (Å²) in [5.74, 6) is -4.41. The molecule has 0 spiro atoms. The summed E-state index contributed by atoms with van der Waals surface area (Å²) >= 11 is 0. The van der Waals surface area contributed by atoms with E-state index in [2.05, 4.69) is 0 Å². The van der Waals surface area contributed by atoms with Crippen LogP contribution in [0.5, 0.6) is 0 Å². The summed E-state index contributed by atoms with van der Waals surface area (Å²) < 4.78 is 31.5. The van der Waals surface area contributed by atoms with Crippen molar-refractivity contribution in [2.75, 3.05) is 7.05 Å². The number of carbonyl (C=O) groups excluding carboxylic acids is 1. The number of halogens is 2. The van der Waals surface area contributed by atoms with Gasteiger partial charge in [-0.15, -0.1) is 0 Å². The molecule has 0 saturated heterocycles. The molecule has 21 heavy (non-hydrogen) atoms. The molecule has 1 aliphatic rings. The molecule has 0 radical (unpaired) electrons. The van der Waals surface area contributed by atoms with Crippen LogP contribution >= 0.6 is 0 Å². The van der Waals surface area contributed by atoms with E-state index in [0.29, 0.717) is 0 Å². The van der Waals surface area contributed by atoms with E-state index in [1.165, 1.54) is 7.05 Å². The highest BCUT2D eigenvalue weighted by Gasteiger charge is 2.42. The molecule has 1 unspecified atom stereocenters. The van der Waals surface area contributed by atoms with E-state index in [9.17, 15) is 23.5 Å². The standard InChI is InChI=1S/C14H23F2NO4/c1-13(2,3)21-12(20)17(4)10(11(18)19)9-5-7-14(15,16)8-6-9/h9-10H,5-8H2,1-4H3,(H,18,19). The molecule has 1 N–H and O–H groups in total. The van der Waals surface area contributed by atoms with Gasteiger partial charge in [0.05, 0.1) is 0 Å². The molecular formula is C14H23F2NO4. The molecular weight excluding hydrogens is 284 g/mol. The predicted octanol–water partition coefficient (Wildman–Crippen LogP) is 3.13. The van der Waals surface area contributed by atoms with Gasteiger partial charge in [0.15, 0.2) is 0 Å². The maximum Gasteiger partial charge on any atom is 0.410 e. The molecule has 1 fully saturated rings. The molecule has 0 heterocycles. The highest BCUT2D eigenvalue weighted by molar-refractivity contribution is 5.80. The van der Waals surface area contributed by atoms with Crippen LogP contribution in [0.15, 0.2) is 0 Å². The average Bonchev–Trinajstić information content (AvgIpc) is 2.28. The first-order chi connectivity index (χ1) is 9.43. The molecule has 0 aliphatic heterocycles. The number of carbonyl (C=O) groups is 2. The van der Waals surface area contributed by atoms with E-state index in [-0.39, 0.29) is 25.7 Å². The number of alkyl halides is 2. The Morgan fingerprint density at radius 1 is 1.29 bits per heavy atom. The predicted molar refractivity (Wildman–Crippen MR) is 72.3 cm³/mol. The van der Waals surface area contributed by atoms with E-state index >= 15 is 0 Å². The van der Waals surface area contributed by atoms with Gasteiger partial charge in [-0.05, 0) is 39.5 Å². The Kier molecular flexibility index (Phi) is 5.17. The van der Waals surface area contributed by atoms with Crippen molar-refractivity contribution in [1.29, 1.82) is 0 Å². The van der Waals surface area contributed by atoms with Gasteiger partial charge in [0.25, 0.3) is 0 Å². The smallest absolute Gasteiger partial charge is 0.410 e. The van der Waals surface area contributed by atoms with Crippen LogP contribution in [-0.4, -0.2) is 46.7 Å². The van der Waals surface area contributed by atoms with E-state index in [1.807, 2.05) is 0 Å². The minimum Gasteiger partial charge on any atom is -0.480 e. The summed E-state index contributed by atoms with van der Waals surface area (Å²) in [5.41, 5.74) is -0.742. The quantitative estimate of drug-likeness (QED) is 0.870. The summed E-state index contributed by atoms with van der Waals surface area (Å²) in [6.45, 7) is 5.03. The molecule has 0 bridgehead atoms. The highest BCUT2D eigenvalue weighted by Crippen LogP contribution is 2.38. The molecule has 1 amide bonds. The van der Waals surface area contributed by atoms with Crippen LogP contribution in [0.3, 0.4) is 0 Å². The first-order valence-electron chi connectivity index (χ1n) is 6.99. The van der Waals surface area contributed by atoms with Crippen LogP contribution in [-0.2, 0) is 9.53 Å². The molecule has 1 atom stereocenters. The monoisotopic (exact) mass is 307 g/mol. The van der Waals surface area contributed by atoms with Gasteiger partial charge >= 0.3 is 12.1 Å². The van der Waals surface area contributed by atoms with Gasteiger partial charge < -0.3 is 9.84 Å². The number of nitrogens with zero attached hydrogens (tertiary/aromatic N) is 1. The van der Waals surface area contributed by atoms with Crippen LogP contribution in [0.1, 0.15) is 46.5 Å². The van der Waals surface area contributed by atoms with Crippen molar-refractivity contribution in [2.45, 2.75) is 64.0 Å². The molecule has 1 rings (SSSR count). The molecule has 0 aromatic heterocycles. The third-order valence-corrected chi connectivity index (χ3v) is 3.56. The van der Waals surface area contributed by atoms with Crippen molar-refractivity contribution in [3.8, 4) is 0 Å². The minimum absolute atomic E-state index is 0.0805. The second-order valence-corrected chi connectivity index (χ2v) is 6.57. The lowest BCUT2D eigenvalue weighted by molar-refractivity contribution is -0.147. The number of carboxylic acid groups (broad SMARTS) is 1. The van der Waals surface area contributed by atoms with Crippen LogP contribution in [0.4, 0.5) is 13.6 Å². The topological polar surface area (TPSA) is 66.8 Å². The zero-order valence-corrected chi connectivity index (χ0v) is 12.9. The van der Waals surface area contributed by atoms with Gasteiger partial charge in [-0.3, -0.25) is 4.90 Å². The maximum atomic E-state index is 13.2. The van der Waals surface area contributed by atoms with Gasteiger partial charge in [0.1, 0.15) is 11.6 Å². The number of aliphatic carboxylic acids is 1. The first-order valence-corrected chi connectivity index (χ1v) is 6.99. The second-order valence-electron chi connectivity index (χ2n) is 6.57. The number of amides is 1. The number of likely N-dealkylation sites (N-methyl/N-ethyl adjacent to an activating group) is 1. The van der Waals surface area contributed by atoms with Crippen molar-refractivity contribution in [3.63, 3.8) is 0 Å². The normalized spacial score (nSPS) is 20.7. The van der Waals surface area contributed by atoms with E-state index in [1.54, 1.807) is 20.8 Å². The van der Waals surface area contributed by atoms with Gasteiger partial charge in [0, 0.05) is 19.9 Å². The Bertz CT molecular complexity index is 396. The number of carboxylic acids is 1. The molecule has 1 saturated carbocycles. The molecule has 122 valence electrons. The fourth-order valence-electron chi connectivity index (χ4n) is 2.51. The lowest BCUT2D eigenvalue weighted by atomic mass is 9.81. The fourth-order valence-corrected chi connectivity index (χ4v) is 2.51. The summed E-state index contributed by atoms with van der Waals surface area (Å²) in [7, 11) is 1.33. The van der Waals surface area contributed by atoms with Gasteiger partial charge in [-0.25, -0.2) is 18.4 Å². The third kappa shape index (κ3) is 5.13. The first kappa shape index (κ1) is 17.7. The summed E-state index contributed by atoms with van der Waals surface area (Å²) in [6.07, 6.45) is -1.28. The lowest BCUT2D eigenvalue weighted by Gasteiger charge is -2.36. The summed E-state index contributed by atoms with van der Waals surface area (Å²) in [5, 5.41) is 9.34. The fraction of sp³-hybridized carbons (Fsp3) is 0.857. The zero-order chi connectivity index (χ0) is 16.4. The van der Waals surface area contributed by atoms with Crippen molar-refractivity contribution >= 4 is 12.1 Å². The Morgan fingerprint density at radius 3 is 2.14 bits per heavy atom. The van der Waals surface area contributed by atoms with Crippen LogP contribution in [0, 0.1) is 5.92 Å². The van der Waals surface area contributed by atoms with Crippen LogP contribution in [0.25, 0.3) is 0 Å². The zero-order valence-electron chi connectivity index (χ0n) is 12.9. The molecule has 1 aliphatic carbocycles. The summed E-state index contributed by atoms with van der Waals surface area (Å²) in [4.78, 5) is 24.4. The Balaban J connectivity index is 2.78. The highest BCUT2D eigenvalue weighted by atomic mass is 19.3. The van der Waals surface area contributed by atoms with Crippen molar-refractivity contribution in [2.24, 2.45) is 5.92 Å². The largest absolute Gasteiger partial charge is 0.480 e. The van der Waals surface area contributed by atoms with Crippen molar-refractivity contribution in [3.05, 3.63) is 0 Å². The van der Waals surface area contributed by atoms with Crippen molar-refractivity contribution in [1.82, 2.24) is 4.90 Å². The molecule has 0 aromatic rings. The van der Waals surface area contributed by atoms with Crippen molar-refractivity contribution < 1.29 is 28.2 Å². The number of rotatable bonds is 3. The number of hydrogen-bond acceptors (Lipinski definition) is 3. The molecule has 0 aromatic carbocycles. The van der Waals surface area contributed by atoms with Gasteiger partial charge in [-0.1, -0.05) is 0 Å². The lowest BCUT2D eigenvalue weighted by Crippen LogP contribution is -2.50. The van der Waals surface area contributed by atoms with E-state index < -0.39 is 35.5 Å². The molecule has 7 heteroatoms. The number of ether oxygens (including phenoxy) is 1. The Hall–Kier alpha value is -1.40. The van der Waals surface area contributed by atoms with Crippen LogP contribution in [0.2, 0.25) is 0 Å². The second kappa shape index (κ2) is 6.15. The average molecular weight is 307 g/mol.